The number of carbonyl (C=O) groups is 1. The van der Waals surface area contributed by atoms with E-state index in [2.05, 4.69) is 9.98 Å². The second-order valence-electron chi connectivity index (χ2n) is 5.50. The smallest absolute Gasteiger partial charge is 0.253 e. The number of aromatic nitrogens is 2. The van der Waals surface area contributed by atoms with Crippen molar-refractivity contribution in [1.29, 1.82) is 0 Å². The number of aryl methyl sites for hydroxylation is 1. The number of hydrogen-bond donors (Lipinski definition) is 0. The van der Waals surface area contributed by atoms with Crippen LogP contribution < -0.4 is 4.80 Å². The molecule has 0 aliphatic carbocycles. The van der Waals surface area contributed by atoms with E-state index in [1.165, 1.54) is 23.6 Å². The second kappa shape index (κ2) is 5.28. The first-order chi connectivity index (χ1) is 9.27. The normalized spacial score (nSPS) is 12.8. The molecule has 0 N–H and O–H groups in total. The molecule has 0 saturated heterocycles. The van der Waals surface area contributed by atoms with Crippen LogP contribution >= 0.6 is 11.3 Å². The van der Waals surface area contributed by atoms with Gasteiger partial charge in [0.2, 0.25) is 5.95 Å². The maximum absolute atomic E-state index is 12.9. The Labute approximate surface area is 120 Å². The number of halogens is 1. The third-order valence-electron chi connectivity index (χ3n) is 2.60. The lowest BCUT2D eigenvalue weighted by atomic mass is 9.96. The van der Waals surface area contributed by atoms with E-state index in [1.807, 2.05) is 33.9 Å². The minimum atomic E-state index is -0.537. The highest BCUT2D eigenvalue weighted by Crippen LogP contribution is 2.15. The molecule has 1 amide bonds. The van der Waals surface area contributed by atoms with Crippen molar-refractivity contribution in [2.24, 2.45) is 10.4 Å². The summed E-state index contributed by atoms with van der Waals surface area (Å²) in [4.78, 5) is 21.4. The molecule has 0 aliphatic heterocycles. The maximum Gasteiger partial charge on any atom is 0.253 e. The van der Waals surface area contributed by atoms with Crippen LogP contribution in [0.15, 0.2) is 29.5 Å². The first-order valence-electron chi connectivity index (χ1n) is 6.17. The third-order valence-corrected chi connectivity index (χ3v) is 3.50. The van der Waals surface area contributed by atoms with Crippen molar-refractivity contribution in [3.8, 4) is 5.69 Å². The fraction of sp³-hybridized carbons (Fsp3) is 0.357. The quantitative estimate of drug-likeness (QED) is 0.759. The minimum Gasteiger partial charge on any atom is -0.291 e. The SMILES string of the molecule is Cc1cn(-c2ccc(F)nc2)/c(=N/C(=O)C(C)(C)C)s1. The molecule has 6 heteroatoms. The van der Waals surface area contributed by atoms with Gasteiger partial charge in [0, 0.05) is 16.5 Å². The first kappa shape index (κ1) is 14.6. The van der Waals surface area contributed by atoms with Crippen molar-refractivity contribution in [3.63, 3.8) is 0 Å². The van der Waals surface area contributed by atoms with Gasteiger partial charge in [-0.15, -0.1) is 11.3 Å². The predicted molar refractivity (Wildman–Crippen MR) is 76.2 cm³/mol. The highest BCUT2D eigenvalue weighted by molar-refractivity contribution is 7.09. The average molecular weight is 293 g/mol. The maximum atomic E-state index is 12.9. The van der Waals surface area contributed by atoms with Crippen molar-refractivity contribution >= 4 is 17.2 Å². The number of carbonyl (C=O) groups excluding carboxylic acids is 1. The molecule has 2 heterocycles. The van der Waals surface area contributed by atoms with E-state index >= 15 is 0 Å². The van der Waals surface area contributed by atoms with Gasteiger partial charge in [-0.25, -0.2) is 4.98 Å². The molecule has 0 saturated carbocycles. The van der Waals surface area contributed by atoms with Gasteiger partial charge in [-0.2, -0.15) is 9.38 Å². The average Bonchev–Trinajstić information content (AvgIpc) is 2.70. The molecule has 0 fully saturated rings. The zero-order valence-electron chi connectivity index (χ0n) is 11.8. The van der Waals surface area contributed by atoms with Crippen molar-refractivity contribution < 1.29 is 9.18 Å². The number of thiazole rings is 1. The van der Waals surface area contributed by atoms with Gasteiger partial charge in [0.05, 0.1) is 11.9 Å². The van der Waals surface area contributed by atoms with Crippen molar-refractivity contribution in [2.75, 3.05) is 0 Å². The highest BCUT2D eigenvalue weighted by Gasteiger charge is 2.20. The van der Waals surface area contributed by atoms with Crippen LogP contribution in [-0.4, -0.2) is 15.5 Å². The minimum absolute atomic E-state index is 0.192. The van der Waals surface area contributed by atoms with E-state index in [0.29, 0.717) is 10.5 Å². The molecule has 106 valence electrons. The summed E-state index contributed by atoms with van der Waals surface area (Å²) in [5.74, 6) is -0.728. The van der Waals surface area contributed by atoms with E-state index in [4.69, 9.17) is 0 Å². The topological polar surface area (TPSA) is 47.2 Å². The molecule has 20 heavy (non-hydrogen) atoms. The van der Waals surface area contributed by atoms with Gasteiger partial charge >= 0.3 is 0 Å². The number of hydrogen-bond acceptors (Lipinski definition) is 3. The Kier molecular flexibility index (Phi) is 3.85. The summed E-state index contributed by atoms with van der Waals surface area (Å²) >= 11 is 1.41. The van der Waals surface area contributed by atoms with Crippen LogP contribution in [0.5, 0.6) is 0 Å². The van der Waals surface area contributed by atoms with Crippen LogP contribution in [0.1, 0.15) is 25.6 Å². The van der Waals surface area contributed by atoms with Gasteiger partial charge in [-0.3, -0.25) is 9.36 Å². The molecule has 0 spiro atoms. The zero-order chi connectivity index (χ0) is 14.9. The lowest BCUT2D eigenvalue weighted by Gasteiger charge is -2.11. The summed E-state index contributed by atoms with van der Waals surface area (Å²) in [6.07, 6.45) is 3.27. The molecule has 0 unspecified atom stereocenters. The monoisotopic (exact) mass is 293 g/mol. The summed E-state index contributed by atoms with van der Waals surface area (Å²) in [5, 5.41) is 0. The molecule has 0 atom stereocenters. The van der Waals surface area contributed by atoms with Gasteiger partial charge < -0.3 is 0 Å². The van der Waals surface area contributed by atoms with Crippen LogP contribution in [0, 0.1) is 18.3 Å². The number of rotatable bonds is 1. The summed E-state index contributed by atoms with van der Waals surface area (Å²) in [6, 6.07) is 2.89. The largest absolute Gasteiger partial charge is 0.291 e. The number of pyridine rings is 1. The van der Waals surface area contributed by atoms with E-state index in [9.17, 15) is 9.18 Å². The fourth-order valence-corrected chi connectivity index (χ4v) is 2.31. The first-order valence-corrected chi connectivity index (χ1v) is 6.99. The Morgan fingerprint density at radius 1 is 1.40 bits per heavy atom. The Balaban J connectivity index is 2.54. The van der Waals surface area contributed by atoms with Gasteiger partial charge in [0.1, 0.15) is 0 Å². The van der Waals surface area contributed by atoms with E-state index in [0.717, 1.165) is 4.88 Å². The molecule has 2 rings (SSSR count). The predicted octanol–water partition coefficient (Wildman–Crippen LogP) is 2.85. The molecule has 0 aliphatic rings. The van der Waals surface area contributed by atoms with E-state index in [-0.39, 0.29) is 5.91 Å². The number of nitrogens with zero attached hydrogens (tertiary/aromatic N) is 3. The third kappa shape index (κ3) is 3.19. The lowest BCUT2D eigenvalue weighted by Crippen LogP contribution is -2.23. The molecule has 2 aromatic rings. The van der Waals surface area contributed by atoms with Crippen LogP contribution in [0.2, 0.25) is 0 Å². The highest BCUT2D eigenvalue weighted by atomic mass is 32.1. The molecule has 0 aromatic carbocycles. The van der Waals surface area contributed by atoms with Crippen LogP contribution in [0.3, 0.4) is 0 Å². The Morgan fingerprint density at radius 3 is 2.65 bits per heavy atom. The van der Waals surface area contributed by atoms with Crippen LogP contribution in [0.25, 0.3) is 5.69 Å². The van der Waals surface area contributed by atoms with Gasteiger partial charge in [-0.05, 0) is 19.1 Å². The molecular weight excluding hydrogens is 277 g/mol. The van der Waals surface area contributed by atoms with Gasteiger partial charge in [-0.1, -0.05) is 20.8 Å². The standard InChI is InChI=1S/C14H16FN3OS/c1-9-8-18(10-5-6-11(15)16-7-10)13(20-9)17-12(19)14(2,3)4/h5-8H,1-4H3/b17-13-. The second-order valence-corrected chi connectivity index (χ2v) is 6.71. The van der Waals surface area contributed by atoms with Gasteiger partial charge in [0.15, 0.2) is 4.80 Å². The summed E-state index contributed by atoms with van der Waals surface area (Å²) in [6.45, 7) is 7.40. The van der Waals surface area contributed by atoms with E-state index in [1.54, 1.807) is 10.6 Å². The van der Waals surface area contributed by atoms with Crippen molar-refractivity contribution in [3.05, 3.63) is 40.2 Å². The molecular formula is C14H16FN3OS. The zero-order valence-corrected chi connectivity index (χ0v) is 12.7. The van der Waals surface area contributed by atoms with E-state index < -0.39 is 11.4 Å². The molecule has 0 radical (unpaired) electrons. The Morgan fingerprint density at radius 2 is 2.10 bits per heavy atom. The van der Waals surface area contributed by atoms with Crippen LogP contribution in [0.4, 0.5) is 4.39 Å². The number of amides is 1. The van der Waals surface area contributed by atoms with Gasteiger partial charge in [0.25, 0.3) is 5.91 Å². The molecule has 0 bridgehead atoms. The Hall–Kier alpha value is -1.82. The fourth-order valence-electron chi connectivity index (χ4n) is 1.48. The van der Waals surface area contributed by atoms with Crippen molar-refractivity contribution in [2.45, 2.75) is 27.7 Å². The molecule has 2 aromatic heterocycles. The molecule has 4 nitrogen and oxygen atoms in total. The lowest BCUT2D eigenvalue weighted by molar-refractivity contribution is -0.125. The summed E-state index contributed by atoms with van der Waals surface area (Å²) in [7, 11) is 0. The summed E-state index contributed by atoms with van der Waals surface area (Å²) in [5.41, 5.74) is 0.146. The Bertz CT molecular complexity index is 692. The summed E-state index contributed by atoms with van der Waals surface area (Å²) < 4.78 is 14.6. The van der Waals surface area contributed by atoms with Crippen molar-refractivity contribution in [1.82, 2.24) is 9.55 Å². The van der Waals surface area contributed by atoms with Crippen LogP contribution in [-0.2, 0) is 4.79 Å².